The smallest absolute Gasteiger partial charge is 0.265 e. The Hall–Kier alpha value is -1.58. The summed E-state index contributed by atoms with van der Waals surface area (Å²) in [7, 11) is 3.28. The first-order chi connectivity index (χ1) is 12.5. The van der Waals surface area contributed by atoms with E-state index in [-0.39, 0.29) is 5.91 Å². The average Bonchev–Trinajstić information content (AvgIpc) is 2.88. The molecule has 0 bridgehead atoms. The Labute approximate surface area is 175 Å². The van der Waals surface area contributed by atoms with Crippen molar-refractivity contribution in [2.75, 3.05) is 14.2 Å². The maximum Gasteiger partial charge on any atom is 0.265 e. The van der Waals surface area contributed by atoms with Gasteiger partial charge >= 0.3 is 0 Å². The monoisotopic (exact) mass is 497 g/mol. The van der Waals surface area contributed by atoms with Crippen LogP contribution in [0.3, 0.4) is 0 Å². The molecule has 1 aliphatic rings. The standard InChI is InChI=1S/C19H16INO3S2/c1-21-18(22)17(26-19(21)25)10-13-5-8-15(16(9-13)23-2)24-11-12-3-6-14(20)7-4-12/h3-10H,11H2,1-2H3/b17-10+. The third kappa shape index (κ3) is 4.39. The van der Waals surface area contributed by atoms with Crippen LogP contribution in [0.15, 0.2) is 47.4 Å². The van der Waals surface area contributed by atoms with Gasteiger partial charge in [0, 0.05) is 10.6 Å². The molecule has 7 heteroatoms. The fraction of sp³-hybridized carbons (Fsp3) is 0.158. The van der Waals surface area contributed by atoms with Crippen LogP contribution in [0.1, 0.15) is 11.1 Å². The fourth-order valence-corrected chi connectivity index (χ4v) is 3.87. The number of thioether (sulfide) groups is 1. The number of carbonyl (C=O) groups excluding carboxylic acids is 1. The van der Waals surface area contributed by atoms with Gasteiger partial charge in [-0.05, 0) is 64.1 Å². The Balaban J connectivity index is 1.76. The van der Waals surface area contributed by atoms with Crippen LogP contribution in [0.5, 0.6) is 11.5 Å². The minimum Gasteiger partial charge on any atom is -0.493 e. The normalized spacial score (nSPS) is 15.7. The molecule has 0 N–H and O–H groups in total. The van der Waals surface area contributed by atoms with Crippen LogP contribution in [0.4, 0.5) is 0 Å². The quantitative estimate of drug-likeness (QED) is 0.340. The van der Waals surface area contributed by atoms with Crippen molar-refractivity contribution >= 4 is 62.9 Å². The molecule has 3 rings (SSSR count). The van der Waals surface area contributed by atoms with E-state index < -0.39 is 0 Å². The summed E-state index contributed by atoms with van der Waals surface area (Å²) in [5.41, 5.74) is 1.94. The number of methoxy groups -OCH3 is 1. The molecule has 1 aliphatic heterocycles. The van der Waals surface area contributed by atoms with Gasteiger partial charge in [-0.1, -0.05) is 42.2 Å². The largest absolute Gasteiger partial charge is 0.493 e. The van der Waals surface area contributed by atoms with Gasteiger partial charge in [0.05, 0.1) is 12.0 Å². The van der Waals surface area contributed by atoms with Crippen molar-refractivity contribution in [3.8, 4) is 11.5 Å². The van der Waals surface area contributed by atoms with Crippen LogP contribution >= 0.6 is 46.6 Å². The molecule has 0 radical (unpaired) electrons. The fourth-order valence-electron chi connectivity index (χ4n) is 2.33. The zero-order chi connectivity index (χ0) is 18.7. The molecule has 2 aromatic carbocycles. The molecule has 4 nitrogen and oxygen atoms in total. The lowest BCUT2D eigenvalue weighted by Gasteiger charge is -2.11. The first-order valence-corrected chi connectivity index (χ1v) is 10.0. The molecule has 1 heterocycles. The lowest BCUT2D eigenvalue weighted by molar-refractivity contribution is -0.121. The molecule has 1 fully saturated rings. The van der Waals surface area contributed by atoms with E-state index in [0.29, 0.717) is 27.3 Å². The lowest BCUT2D eigenvalue weighted by Crippen LogP contribution is -2.22. The van der Waals surface area contributed by atoms with Crippen LogP contribution in [-0.2, 0) is 11.4 Å². The highest BCUT2D eigenvalue weighted by molar-refractivity contribution is 14.1. The minimum absolute atomic E-state index is 0.0852. The van der Waals surface area contributed by atoms with Crippen molar-refractivity contribution in [1.29, 1.82) is 0 Å². The maximum atomic E-state index is 12.1. The molecule has 26 heavy (non-hydrogen) atoms. The topological polar surface area (TPSA) is 38.8 Å². The predicted molar refractivity (Wildman–Crippen MR) is 117 cm³/mol. The number of rotatable bonds is 5. The summed E-state index contributed by atoms with van der Waals surface area (Å²) in [6.07, 6.45) is 1.81. The number of nitrogens with zero attached hydrogens (tertiary/aromatic N) is 1. The van der Waals surface area contributed by atoms with Gasteiger partial charge in [0.2, 0.25) is 0 Å². The molecule has 0 aliphatic carbocycles. The third-order valence-electron chi connectivity index (χ3n) is 3.78. The third-order valence-corrected chi connectivity index (χ3v) is 5.98. The molecular formula is C19H16INO3S2. The van der Waals surface area contributed by atoms with Crippen molar-refractivity contribution in [1.82, 2.24) is 4.90 Å². The Bertz CT molecular complexity index is 881. The van der Waals surface area contributed by atoms with E-state index in [9.17, 15) is 4.79 Å². The second kappa shape index (κ2) is 8.41. The van der Waals surface area contributed by atoms with E-state index in [1.807, 2.05) is 48.5 Å². The van der Waals surface area contributed by atoms with Gasteiger partial charge < -0.3 is 9.47 Å². The Morgan fingerprint density at radius 2 is 1.92 bits per heavy atom. The van der Waals surface area contributed by atoms with Gasteiger partial charge in [-0.15, -0.1) is 0 Å². The van der Waals surface area contributed by atoms with Gasteiger partial charge in [-0.2, -0.15) is 0 Å². The van der Waals surface area contributed by atoms with Crippen molar-refractivity contribution in [2.45, 2.75) is 6.61 Å². The highest BCUT2D eigenvalue weighted by Gasteiger charge is 2.28. The van der Waals surface area contributed by atoms with E-state index in [1.54, 1.807) is 14.2 Å². The number of hydrogen-bond donors (Lipinski definition) is 0. The maximum absolute atomic E-state index is 12.1. The van der Waals surface area contributed by atoms with E-state index >= 15 is 0 Å². The second-order valence-corrected chi connectivity index (χ2v) is 8.49. The van der Waals surface area contributed by atoms with Crippen molar-refractivity contribution in [3.05, 3.63) is 62.1 Å². The van der Waals surface area contributed by atoms with E-state index in [0.717, 1.165) is 11.1 Å². The summed E-state index contributed by atoms with van der Waals surface area (Å²) in [6.45, 7) is 0.459. The highest BCUT2D eigenvalue weighted by atomic mass is 127. The molecule has 0 saturated carbocycles. The molecule has 0 unspecified atom stereocenters. The zero-order valence-electron chi connectivity index (χ0n) is 14.2. The van der Waals surface area contributed by atoms with Crippen LogP contribution in [0.2, 0.25) is 0 Å². The summed E-state index contributed by atoms with van der Waals surface area (Å²) in [5, 5.41) is 0. The number of thiocarbonyl (C=S) groups is 1. The minimum atomic E-state index is -0.0852. The predicted octanol–water partition coefficient (Wildman–Crippen LogP) is 4.71. The SMILES string of the molecule is COc1cc(/C=C2/SC(=S)N(C)C2=O)ccc1OCc1ccc(I)cc1. The Kier molecular flexibility index (Phi) is 6.20. The number of hydrogen-bond acceptors (Lipinski definition) is 5. The summed E-state index contributed by atoms with van der Waals surface area (Å²) in [5.74, 6) is 1.19. The Morgan fingerprint density at radius 1 is 1.19 bits per heavy atom. The zero-order valence-corrected chi connectivity index (χ0v) is 18.0. The summed E-state index contributed by atoms with van der Waals surface area (Å²) in [4.78, 5) is 14.2. The van der Waals surface area contributed by atoms with Gasteiger partial charge in [0.15, 0.2) is 11.5 Å². The van der Waals surface area contributed by atoms with E-state index in [2.05, 4.69) is 22.6 Å². The number of likely N-dealkylation sites (N-methyl/N-ethyl adjacent to an activating group) is 1. The first-order valence-electron chi connectivity index (χ1n) is 7.75. The average molecular weight is 497 g/mol. The molecule has 0 spiro atoms. The van der Waals surface area contributed by atoms with Crippen LogP contribution in [0.25, 0.3) is 6.08 Å². The Morgan fingerprint density at radius 3 is 2.54 bits per heavy atom. The number of ether oxygens (including phenoxy) is 2. The van der Waals surface area contributed by atoms with Crippen molar-refractivity contribution in [2.24, 2.45) is 0 Å². The van der Waals surface area contributed by atoms with Crippen LogP contribution in [-0.4, -0.2) is 29.3 Å². The second-order valence-electron chi connectivity index (χ2n) is 5.57. The molecule has 1 saturated heterocycles. The summed E-state index contributed by atoms with van der Waals surface area (Å²) >= 11 is 8.72. The van der Waals surface area contributed by atoms with Gasteiger partial charge in [0.25, 0.3) is 5.91 Å². The van der Waals surface area contributed by atoms with Gasteiger partial charge in [0.1, 0.15) is 10.9 Å². The molecule has 2 aromatic rings. The van der Waals surface area contributed by atoms with Gasteiger partial charge in [-0.3, -0.25) is 9.69 Å². The van der Waals surface area contributed by atoms with Crippen molar-refractivity contribution in [3.63, 3.8) is 0 Å². The highest BCUT2D eigenvalue weighted by Crippen LogP contribution is 2.34. The van der Waals surface area contributed by atoms with Gasteiger partial charge in [-0.25, -0.2) is 0 Å². The summed E-state index contributed by atoms with van der Waals surface area (Å²) in [6, 6.07) is 13.8. The number of benzene rings is 2. The molecule has 134 valence electrons. The van der Waals surface area contributed by atoms with Crippen LogP contribution < -0.4 is 9.47 Å². The molecule has 1 amide bonds. The number of carbonyl (C=O) groups is 1. The molecule has 0 aromatic heterocycles. The van der Waals surface area contributed by atoms with Crippen LogP contribution in [0, 0.1) is 3.57 Å². The molecule has 0 atom stereocenters. The van der Waals surface area contributed by atoms with E-state index in [1.165, 1.54) is 20.2 Å². The summed E-state index contributed by atoms with van der Waals surface area (Å²) < 4.78 is 13.1. The number of halogens is 1. The number of amides is 1. The molecular weight excluding hydrogens is 481 g/mol. The van der Waals surface area contributed by atoms with Crippen molar-refractivity contribution < 1.29 is 14.3 Å². The lowest BCUT2D eigenvalue weighted by atomic mass is 10.2. The first kappa shape index (κ1) is 19.2. The van der Waals surface area contributed by atoms with E-state index in [4.69, 9.17) is 21.7 Å².